The summed E-state index contributed by atoms with van der Waals surface area (Å²) in [6, 6.07) is 16.3. The molecule has 1 fully saturated rings. The number of hydrogen-bond acceptors (Lipinski definition) is 6. The number of fused-ring (bicyclic) bond motifs is 3. The molecule has 0 aliphatic carbocycles. The zero-order chi connectivity index (χ0) is 22.2. The molecule has 1 amide bonds. The van der Waals surface area contributed by atoms with Crippen molar-refractivity contribution in [3.63, 3.8) is 0 Å². The first-order chi connectivity index (χ1) is 15.6. The molecule has 1 aliphatic heterocycles. The first kappa shape index (κ1) is 20.4. The van der Waals surface area contributed by atoms with Crippen LogP contribution in [0.1, 0.15) is 12.5 Å². The Morgan fingerprint density at radius 3 is 2.75 bits per heavy atom. The van der Waals surface area contributed by atoms with Gasteiger partial charge in [-0.05, 0) is 32.0 Å². The number of ether oxygens (including phenoxy) is 1. The van der Waals surface area contributed by atoms with Gasteiger partial charge in [0.25, 0.3) is 0 Å². The summed E-state index contributed by atoms with van der Waals surface area (Å²) < 4.78 is 7.10. The Hall–Kier alpha value is -3.52. The van der Waals surface area contributed by atoms with Gasteiger partial charge in [-0.1, -0.05) is 35.9 Å². The maximum atomic E-state index is 12.4. The number of methoxy groups -OCH3 is 1. The van der Waals surface area contributed by atoms with Crippen molar-refractivity contribution in [2.45, 2.75) is 19.9 Å². The van der Waals surface area contributed by atoms with Crippen LogP contribution in [-0.4, -0.2) is 69.8 Å². The number of para-hydroxylation sites is 1. The van der Waals surface area contributed by atoms with E-state index in [4.69, 9.17) is 9.72 Å². The topological polar surface area (TPSA) is 75.9 Å². The van der Waals surface area contributed by atoms with Gasteiger partial charge < -0.3 is 14.5 Å². The normalized spacial score (nSPS) is 16.8. The third-order valence-corrected chi connectivity index (χ3v) is 6.00. The molecule has 0 N–H and O–H groups in total. The third kappa shape index (κ3) is 3.46. The fourth-order valence-electron chi connectivity index (χ4n) is 4.47. The van der Waals surface area contributed by atoms with Crippen LogP contribution in [0.5, 0.6) is 0 Å². The van der Waals surface area contributed by atoms with Gasteiger partial charge in [0.1, 0.15) is 6.61 Å². The first-order valence-electron chi connectivity index (χ1n) is 10.8. The molecule has 8 nitrogen and oxygen atoms in total. The Balaban J connectivity index is 1.63. The number of benzene rings is 2. The monoisotopic (exact) mass is 430 g/mol. The smallest absolute Gasteiger partial charge is 0.248 e. The number of aryl methyl sites for hydroxylation is 1. The van der Waals surface area contributed by atoms with Crippen molar-refractivity contribution < 1.29 is 9.53 Å². The number of anilines is 1. The highest BCUT2D eigenvalue weighted by Crippen LogP contribution is 2.29. The fourth-order valence-corrected chi connectivity index (χ4v) is 4.47. The van der Waals surface area contributed by atoms with Crippen LogP contribution in [0.2, 0.25) is 0 Å². The molecule has 5 rings (SSSR count). The van der Waals surface area contributed by atoms with Crippen LogP contribution < -0.4 is 4.90 Å². The minimum Gasteiger partial charge on any atom is -0.375 e. The second-order valence-corrected chi connectivity index (χ2v) is 8.30. The van der Waals surface area contributed by atoms with Gasteiger partial charge >= 0.3 is 0 Å². The van der Waals surface area contributed by atoms with Gasteiger partial charge in [-0.25, -0.2) is 9.38 Å². The van der Waals surface area contributed by atoms with E-state index in [1.165, 1.54) is 0 Å². The standard InChI is InChI=1S/C24H26N6O2/c1-16-7-6-8-18(13-16)22-26-27-23-19-9-4-5-10-20(19)25-24(30(22)23)28-11-12-29(17(2)14-28)21(31)15-32-3/h4-10,13,17H,11-12,14-15H2,1-3H3/t17-/m0/s1. The quantitative estimate of drug-likeness (QED) is 0.496. The maximum Gasteiger partial charge on any atom is 0.248 e. The van der Waals surface area contributed by atoms with Crippen LogP contribution in [0.3, 0.4) is 0 Å². The van der Waals surface area contributed by atoms with E-state index < -0.39 is 0 Å². The molecule has 0 bridgehead atoms. The Labute approximate surface area is 186 Å². The predicted octanol–water partition coefficient (Wildman–Crippen LogP) is 2.94. The van der Waals surface area contributed by atoms with E-state index in [9.17, 15) is 4.79 Å². The molecule has 2 aromatic carbocycles. The highest BCUT2D eigenvalue weighted by molar-refractivity contribution is 5.93. The summed E-state index contributed by atoms with van der Waals surface area (Å²) in [5.41, 5.74) is 3.82. The van der Waals surface area contributed by atoms with Crippen LogP contribution in [0.4, 0.5) is 5.95 Å². The van der Waals surface area contributed by atoms with Gasteiger partial charge in [-0.2, -0.15) is 0 Å². The van der Waals surface area contributed by atoms with Gasteiger partial charge in [0.2, 0.25) is 11.9 Å². The van der Waals surface area contributed by atoms with Gasteiger partial charge in [0.15, 0.2) is 11.5 Å². The van der Waals surface area contributed by atoms with E-state index in [0.29, 0.717) is 19.6 Å². The Kier molecular flexibility index (Phi) is 5.22. The molecule has 4 aromatic rings. The van der Waals surface area contributed by atoms with Crippen LogP contribution in [0, 0.1) is 6.92 Å². The number of carbonyl (C=O) groups excluding carboxylic acids is 1. The summed E-state index contributed by atoms with van der Waals surface area (Å²) in [7, 11) is 1.55. The zero-order valence-electron chi connectivity index (χ0n) is 18.5. The summed E-state index contributed by atoms with van der Waals surface area (Å²) in [5, 5.41) is 10.1. The number of nitrogens with zero attached hydrogens (tertiary/aromatic N) is 6. The molecule has 0 saturated carbocycles. The van der Waals surface area contributed by atoms with E-state index in [1.54, 1.807) is 7.11 Å². The van der Waals surface area contributed by atoms with Crippen molar-refractivity contribution in [1.29, 1.82) is 0 Å². The fraction of sp³-hybridized carbons (Fsp3) is 0.333. The van der Waals surface area contributed by atoms with Crippen molar-refractivity contribution in [3.8, 4) is 11.4 Å². The van der Waals surface area contributed by atoms with Gasteiger partial charge in [-0.15, -0.1) is 10.2 Å². The van der Waals surface area contributed by atoms with Crippen molar-refractivity contribution >= 4 is 28.4 Å². The molecular weight excluding hydrogens is 404 g/mol. The lowest BCUT2D eigenvalue weighted by atomic mass is 10.1. The SMILES string of the molecule is COCC(=O)N1CCN(c2nc3ccccc3c3nnc(-c4cccc(C)c4)n23)C[C@@H]1C. The molecule has 1 atom stereocenters. The first-order valence-corrected chi connectivity index (χ1v) is 10.8. The summed E-state index contributed by atoms with van der Waals surface area (Å²) in [5.74, 6) is 1.58. The number of amides is 1. The molecule has 0 unspecified atom stereocenters. The molecular formula is C24H26N6O2. The number of piperazine rings is 1. The van der Waals surface area contributed by atoms with E-state index in [-0.39, 0.29) is 18.6 Å². The van der Waals surface area contributed by atoms with Crippen molar-refractivity contribution in [1.82, 2.24) is 24.5 Å². The third-order valence-electron chi connectivity index (χ3n) is 6.00. The Bertz CT molecular complexity index is 1300. The average molecular weight is 431 g/mol. The molecule has 2 aromatic heterocycles. The predicted molar refractivity (Wildman–Crippen MR) is 124 cm³/mol. The summed E-state index contributed by atoms with van der Waals surface area (Å²) in [6.45, 7) is 6.19. The maximum absolute atomic E-state index is 12.4. The van der Waals surface area contributed by atoms with Crippen LogP contribution in [0.15, 0.2) is 48.5 Å². The highest BCUT2D eigenvalue weighted by atomic mass is 16.5. The van der Waals surface area contributed by atoms with E-state index in [0.717, 1.165) is 39.4 Å². The van der Waals surface area contributed by atoms with E-state index >= 15 is 0 Å². The van der Waals surface area contributed by atoms with Crippen LogP contribution >= 0.6 is 0 Å². The van der Waals surface area contributed by atoms with Crippen LogP contribution in [-0.2, 0) is 9.53 Å². The Morgan fingerprint density at radius 1 is 1.12 bits per heavy atom. The minimum absolute atomic E-state index is 0.0148. The molecule has 164 valence electrons. The Morgan fingerprint density at radius 2 is 1.97 bits per heavy atom. The largest absolute Gasteiger partial charge is 0.375 e. The van der Waals surface area contributed by atoms with E-state index in [1.807, 2.05) is 41.3 Å². The molecule has 1 aliphatic rings. The molecule has 32 heavy (non-hydrogen) atoms. The second-order valence-electron chi connectivity index (χ2n) is 8.30. The zero-order valence-corrected chi connectivity index (χ0v) is 18.5. The molecule has 0 spiro atoms. The average Bonchev–Trinajstić information content (AvgIpc) is 3.24. The molecule has 0 radical (unpaired) electrons. The lowest BCUT2D eigenvalue weighted by molar-refractivity contribution is -0.137. The summed E-state index contributed by atoms with van der Waals surface area (Å²) >= 11 is 0. The summed E-state index contributed by atoms with van der Waals surface area (Å²) in [4.78, 5) is 21.5. The minimum atomic E-state index is 0.0148. The molecule has 3 heterocycles. The van der Waals surface area contributed by atoms with Crippen molar-refractivity contribution in [2.75, 3.05) is 38.3 Å². The lowest BCUT2D eigenvalue weighted by Crippen LogP contribution is -2.55. The number of carbonyl (C=O) groups is 1. The molecule has 8 heteroatoms. The van der Waals surface area contributed by atoms with Gasteiger partial charge in [0, 0.05) is 43.7 Å². The molecule has 1 saturated heterocycles. The summed E-state index contributed by atoms with van der Waals surface area (Å²) in [6.07, 6.45) is 0. The highest BCUT2D eigenvalue weighted by Gasteiger charge is 2.30. The van der Waals surface area contributed by atoms with Gasteiger partial charge in [0.05, 0.1) is 5.52 Å². The van der Waals surface area contributed by atoms with Crippen LogP contribution in [0.25, 0.3) is 27.9 Å². The van der Waals surface area contributed by atoms with Gasteiger partial charge in [-0.3, -0.25) is 4.79 Å². The number of hydrogen-bond donors (Lipinski definition) is 0. The number of rotatable bonds is 4. The number of aromatic nitrogens is 4. The van der Waals surface area contributed by atoms with Crippen molar-refractivity contribution in [3.05, 3.63) is 54.1 Å². The lowest BCUT2D eigenvalue weighted by Gasteiger charge is -2.40. The second kappa shape index (κ2) is 8.20. The van der Waals surface area contributed by atoms with E-state index in [2.05, 4.69) is 45.5 Å². The van der Waals surface area contributed by atoms with Crippen molar-refractivity contribution in [2.24, 2.45) is 0 Å².